The molecule has 2 aliphatic rings. The lowest BCUT2D eigenvalue weighted by Gasteiger charge is -2.44. The third kappa shape index (κ3) is 2.68. The van der Waals surface area contributed by atoms with Crippen molar-refractivity contribution < 1.29 is 9.53 Å². The van der Waals surface area contributed by atoms with Crippen molar-refractivity contribution in [1.82, 2.24) is 4.90 Å². The SMILES string of the molecule is CCC1(CC)CC2(N=C(N)N(C)C2=O)c2cc(-c3cccc(Cl)c3)ccc2O1. The number of carbonyl (C=O) groups is 1. The van der Waals surface area contributed by atoms with Gasteiger partial charge in [-0.1, -0.05) is 43.6 Å². The monoisotopic (exact) mass is 397 g/mol. The van der Waals surface area contributed by atoms with Gasteiger partial charge in [-0.25, -0.2) is 4.99 Å². The van der Waals surface area contributed by atoms with Gasteiger partial charge in [-0.2, -0.15) is 0 Å². The van der Waals surface area contributed by atoms with Crippen LogP contribution >= 0.6 is 11.6 Å². The highest BCUT2D eigenvalue weighted by atomic mass is 35.5. The van der Waals surface area contributed by atoms with E-state index in [0.29, 0.717) is 17.2 Å². The molecule has 0 aliphatic carbocycles. The van der Waals surface area contributed by atoms with Crippen molar-refractivity contribution in [1.29, 1.82) is 0 Å². The van der Waals surface area contributed by atoms with E-state index in [0.717, 1.165) is 29.5 Å². The quantitative estimate of drug-likeness (QED) is 0.838. The summed E-state index contributed by atoms with van der Waals surface area (Å²) in [4.78, 5) is 19.5. The van der Waals surface area contributed by atoms with Gasteiger partial charge in [-0.3, -0.25) is 9.69 Å². The van der Waals surface area contributed by atoms with Crippen LogP contribution in [-0.4, -0.2) is 29.4 Å². The Hall–Kier alpha value is -2.53. The lowest BCUT2D eigenvalue weighted by Crippen LogP contribution is -2.51. The summed E-state index contributed by atoms with van der Waals surface area (Å²) in [6.45, 7) is 4.16. The number of fused-ring (bicyclic) bond motifs is 2. The highest BCUT2D eigenvalue weighted by Crippen LogP contribution is 2.51. The molecule has 0 saturated carbocycles. The minimum absolute atomic E-state index is 0.107. The number of benzene rings is 2. The summed E-state index contributed by atoms with van der Waals surface area (Å²) < 4.78 is 6.43. The fraction of sp³-hybridized carbons (Fsp3) is 0.364. The number of amides is 1. The van der Waals surface area contributed by atoms with Gasteiger partial charge in [0.05, 0.1) is 0 Å². The Morgan fingerprint density at radius 1 is 1.18 bits per heavy atom. The lowest BCUT2D eigenvalue weighted by molar-refractivity contribution is -0.134. The molecule has 2 aromatic carbocycles. The Labute approximate surface area is 170 Å². The number of likely N-dealkylation sites (N-methyl/N-ethyl adjacent to an activating group) is 1. The molecule has 2 aliphatic heterocycles. The third-order valence-corrected chi connectivity index (χ3v) is 6.32. The van der Waals surface area contributed by atoms with E-state index in [9.17, 15) is 4.79 Å². The number of rotatable bonds is 3. The van der Waals surface area contributed by atoms with Gasteiger partial charge >= 0.3 is 0 Å². The van der Waals surface area contributed by atoms with Crippen molar-refractivity contribution in [2.24, 2.45) is 10.7 Å². The molecular formula is C22H24ClN3O2. The van der Waals surface area contributed by atoms with Crippen molar-refractivity contribution in [2.75, 3.05) is 7.05 Å². The van der Waals surface area contributed by atoms with Crippen molar-refractivity contribution in [3.05, 3.63) is 53.1 Å². The topological polar surface area (TPSA) is 67.9 Å². The molecule has 5 nitrogen and oxygen atoms in total. The Kier molecular flexibility index (Phi) is 4.38. The third-order valence-electron chi connectivity index (χ3n) is 6.08. The second-order valence-electron chi connectivity index (χ2n) is 7.58. The number of carbonyl (C=O) groups excluding carboxylic acids is 1. The van der Waals surface area contributed by atoms with Crippen LogP contribution in [0.2, 0.25) is 5.02 Å². The lowest BCUT2D eigenvalue weighted by atomic mass is 9.73. The van der Waals surface area contributed by atoms with E-state index in [4.69, 9.17) is 27.1 Å². The van der Waals surface area contributed by atoms with Gasteiger partial charge < -0.3 is 10.5 Å². The number of ether oxygens (including phenoxy) is 1. The fourth-order valence-electron chi connectivity index (χ4n) is 4.26. The predicted molar refractivity (Wildman–Crippen MR) is 112 cm³/mol. The number of halogens is 1. The largest absolute Gasteiger partial charge is 0.487 e. The molecular weight excluding hydrogens is 374 g/mol. The van der Waals surface area contributed by atoms with Crippen molar-refractivity contribution >= 4 is 23.5 Å². The number of hydrogen-bond donors (Lipinski definition) is 1. The van der Waals surface area contributed by atoms with Crippen LogP contribution in [0.4, 0.5) is 0 Å². The predicted octanol–water partition coefficient (Wildman–Crippen LogP) is 4.33. The zero-order valence-electron chi connectivity index (χ0n) is 16.3. The zero-order chi connectivity index (χ0) is 20.1. The molecule has 2 N–H and O–H groups in total. The molecule has 6 heteroatoms. The van der Waals surface area contributed by atoms with E-state index in [-0.39, 0.29) is 11.9 Å². The zero-order valence-corrected chi connectivity index (χ0v) is 17.1. The van der Waals surface area contributed by atoms with E-state index < -0.39 is 11.1 Å². The summed E-state index contributed by atoms with van der Waals surface area (Å²) in [6, 6.07) is 13.6. The first-order valence-corrected chi connectivity index (χ1v) is 9.95. The van der Waals surface area contributed by atoms with Gasteiger partial charge in [0, 0.05) is 24.1 Å². The van der Waals surface area contributed by atoms with Crippen LogP contribution in [0.25, 0.3) is 11.1 Å². The first-order chi connectivity index (χ1) is 13.3. The van der Waals surface area contributed by atoms with E-state index in [2.05, 4.69) is 13.8 Å². The normalized spacial score (nSPS) is 22.8. The van der Waals surface area contributed by atoms with Gasteiger partial charge in [0.1, 0.15) is 11.4 Å². The van der Waals surface area contributed by atoms with Crippen molar-refractivity contribution in [2.45, 2.75) is 44.2 Å². The summed E-state index contributed by atoms with van der Waals surface area (Å²) in [5, 5.41) is 0.663. The van der Waals surface area contributed by atoms with Gasteiger partial charge in [-0.15, -0.1) is 0 Å². The smallest absolute Gasteiger partial charge is 0.261 e. The van der Waals surface area contributed by atoms with Crippen LogP contribution in [0.5, 0.6) is 5.75 Å². The number of nitrogens with zero attached hydrogens (tertiary/aromatic N) is 2. The van der Waals surface area contributed by atoms with Gasteiger partial charge in [0.25, 0.3) is 5.91 Å². The molecule has 4 rings (SSSR count). The van der Waals surface area contributed by atoms with Crippen molar-refractivity contribution in [3.63, 3.8) is 0 Å². The first-order valence-electron chi connectivity index (χ1n) is 9.57. The molecule has 0 fully saturated rings. The van der Waals surface area contributed by atoms with Crippen molar-refractivity contribution in [3.8, 4) is 16.9 Å². The summed E-state index contributed by atoms with van der Waals surface area (Å²) in [5.74, 6) is 0.831. The van der Waals surface area contributed by atoms with E-state index in [1.807, 2.05) is 42.5 Å². The maximum absolute atomic E-state index is 13.3. The number of aliphatic imine (C=N–C) groups is 1. The molecule has 28 heavy (non-hydrogen) atoms. The molecule has 1 amide bonds. The maximum atomic E-state index is 13.3. The van der Waals surface area contributed by atoms with E-state index in [1.165, 1.54) is 4.90 Å². The molecule has 2 aromatic rings. The second-order valence-corrected chi connectivity index (χ2v) is 8.02. The summed E-state index contributed by atoms with van der Waals surface area (Å²) in [5.41, 5.74) is 7.27. The molecule has 1 atom stereocenters. The Bertz CT molecular complexity index is 983. The average Bonchev–Trinajstić information content (AvgIpc) is 2.91. The molecule has 0 aromatic heterocycles. The van der Waals surface area contributed by atoms with Crippen LogP contribution in [0.1, 0.15) is 38.7 Å². The van der Waals surface area contributed by atoms with Crippen LogP contribution in [0.15, 0.2) is 47.5 Å². The van der Waals surface area contributed by atoms with Crippen LogP contribution in [-0.2, 0) is 10.3 Å². The molecule has 0 saturated heterocycles. The summed E-state index contributed by atoms with van der Waals surface area (Å²) in [6.07, 6.45) is 2.04. The minimum atomic E-state index is -1.05. The Morgan fingerprint density at radius 3 is 2.50 bits per heavy atom. The number of hydrogen-bond acceptors (Lipinski definition) is 4. The standard InChI is InChI=1S/C22H24ClN3O2/c1-4-21(5-2)13-22(19(27)26(3)20(24)25-22)17-12-15(9-10-18(17)28-21)14-7-6-8-16(23)11-14/h6-12H,4-5,13H2,1-3H3,(H2,24,25). The average molecular weight is 398 g/mol. The fourth-order valence-corrected chi connectivity index (χ4v) is 4.45. The molecule has 1 spiro atoms. The van der Waals surface area contributed by atoms with Gasteiger partial charge in [-0.05, 0) is 48.2 Å². The number of guanidine groups is 1. The Morgan fingerprint density at radius 2 is 1.89 bits per heavy atom. The highest BCUT2D eigenvalue weighted by molar-refractivity contribution is 6.30. The second kappa shape index (κ2) is 6.52. The van der Waals surface area contributed by atoms with Crippen LogP contribution in [0.3, 0.4) is 0 Å². The first kappa shape index (κ1) is 18.8. The summed E-state index contributed by atoms with van der Waals surface area (Å²) in [7, 11) is 1.67. The molecule has 2 heterocycles. The van der Waals surface area contributed by atoms with E-state index >= 15 is 0 Å². The van der Waals surface area contributed by atoms with Gasteiger partial charge in [0.15, 0.2) is 11.5 Å². The highest BCUT2D eigenvalue weighted by Gasteiger charge is 2.57. The van der Waals surface area contributed by atoms with Gasteiger partial charge in [0.2, 0.25) is 0 Å². The van der Waals surface area contributed by atoms with Crippen LogP contribution in [0, 0.1) is 0 Å². The minimum Gasteiger partial charge on any atom is -0.487 e. The Balaban J connectivity index is 1.93. The molecule has 146 valence electrons. The maximum Gasteiger partial charge on any atom is 0.261 e. The molecule has 1 unspecified atom stereocenters. The van der Waals surface area contributed by atoms with E-state index in [1.54, 1.807) is 7.05 Å². The molecule has 0 bridgehead atoms. The summed E-state index contributed by atoms with van der Waals surface area (Å²) >= 11 is 6.17. The van der Waals surface area contributed by atoms with Crippen LogP contribution < -0.4 is 10.5 Å². The number of nitrogens with two attached hydrogens (primary N) is 1. The molecule has 0 radical (unpaired) electrons.